The highest BCUT2D eigenvalue weighted by Gasteiger charge is 2.38. The SMILES string of the molecule is CCC(C1CCNCC1)N(CC)C(C)=O.O=C(O)C(F)(F)F. The van der Waals surface area contributed by atoms with Crippen LogP contribution in [0.3, 0.4) is 0 Å². The van der Waals surface area contributed by atoms with Crippen molar-refractivity contribution in [2.45, 2.75) is 52.3 Å². The van der Waals surface area contributed by atoms with E-state index in [2.05, 4.69) is 19.2 Å². The summed E-state index contributed by atoms with van der Waals surface area (Å²) in [7, 11) is 0. The van der Waals surface area contributed by atoms with Crippen molar-refractivity contribution < 1.29 is 27.9 Å². The van der Waals surface area contributed by atoms with Crippen LogP contribution in [0.15, 0.2) is 0 Å². The van der Waals surface area contributed by atoms with Gasteiger partial charge in [0.1, 0.15) is 0 Å². The molecule has 0 saturated carbocycles. The van der Waals surface area contributed by atoms with Gasteiger partial charge in [-0.3, -0.25) is 4.79 Å². The molecule has 2 N–H and O–H groups in total. The largest absolute Gasteiger partial charge is 0.490 e. The molecule has 0 bridgehead atoms. The molecule has 5 nitrogen and oxygen atoms in total. The first-order valence-electron chi connectivity index (χ1n) is 7.43. The third kappa shape index (κ3) is 7.11. The molecule has 22 heavy (non-hydrogen) atoms. The van der Waals surface area contributed by atoms with Gasteiger partial charge in [0.05, 0.1) is 0 Å². The Morgan fingerprint density at radius 2 is 1.73 bits per heavy atom. The molecule has 1 heterocycles. The fourth-order valence-corrected chi connectivity index (χ4v) is 2.73. The Labute approximate surface area is 128 Å². The van der Waals surface area contributed by atoms with E-state index >= 15 is 0 Å². The number of carbonyl (C=O) groups is 2. The summed E-state index contributed by atoms with van der Waals surface area (Å²) in [5, 5.41) is 10.5. The number of hydrogen-bond acceptors (Lipinski definition) is 3. The molecule has 0 aliphatic carbocycles. The van der Waals surface area contributed by atoms with Crippen LogP contribution in [0.4, 0.5) is 13.2 Å². The molecule has 0 aromatic carbocycles. The van der Waals surface area contributed by atoms with E-state index in [-0.39, 0.29) is 5.91 Å². The number of amides is 1. The van der Waals surface area contributed by atoms with Gasteiger partial charge in [-0.1, -0.05) is 6.92 Å². The first-order valence-corrected chi connectivity index (χ1v) is 7.43. The third-order valence-electron chi connectivity index (χ3n) is 3.73. The number of piperidine rings is 1. The molecule has 130 valence electrons. The summed E-state index contributed by atoms with van der Waals surface area (Å²) in [5.74, 6) is -1.84. The molecular formula is C14H25F3N2O3. The molecule has 1 fully saturated rings. The van der Waals surface area contributed by atoms with Gasteiger partial charge in [-0.25, -0.2) is 4.79 Å². The number of carboxylic acids is 1. The second-order valence-corrected chi connectivity index (χ2v) is 5.17. The smallest absolute Gasteiger partial charge is 0.475 e. The Hall–Kier alpha value is -1.31. The zero-order valence-corrected chi connectivity index (χ0v) is 13.2. The van der Waals surface area contributed by atoms with Crippen LogP contribution in [0.5, 0.6) is 0 Å². The summed E-state index contributed by atoms with van der Waals surface area (Å²) >= 11 is 0. The molecule has 1 aliphatic rings. The van der Waals surface area contributed by atoms with E-state index in [1.165, 1.54) is 12.8 Å². The second kappa shape index (κ2) is 9.66. The van der Waals surface area contributed by atoms with Gasteiger partial charge in [0.2, 0.25) is 5.91 Å². The van der Waals surface area contributed by atoms with Crippen molar-refractivity contribution in [3.63, 3.8) is 0 Å². The quantitative estimate of drug-likeness (QED) is 0.831. The minimum Gasteiger partial charge on any atom is -0.475 e. The molecule has 8 heteroatoms. The first-order chi connectivity index (χ1) is 10.1. The van der Waals surface area contributed by atoms with Crippen LogP contribution in [0.1, 0.15) is 40.0 Å². The van der Waals surface area contributed by atoms with E-state index in [0.29, 0.717) is 12.0 Å². The van der Waals surface area contributed by atoms with Crippen LogP contribution in [0, 0.1) is 5.92 Å². The summed E-state index contributed by atoms with van der Waals surface area (Å²) in [6.45, 7) is 9.02. The highest BCUT2D eigenvalue weighted by atomic mass is 19.4. The lowest BCUT2D eigenvalue weighted by atomic mass is 9.87. The summed E-state index contributed by atoms with van der Waals surface area (Å²) < 4.78 is 31.7. The lowest BCUT2D eigenvalue weighted by Gasteiger charge is -2.37. The Kier molecular flexibility index (Phi) is 9.08. The fourth-order valence-electron chi connectivity index (χ4n) is 2.73. The lowest BCUT2D eigenvalue weighted by Crippen LogP contribution is -2.46. The molecule has 1 saturated heterocycles. The summed E-state index contributed by atoms with van der Waals surface area (Å²) in [6, 6.07) is 0.453. The van der Waals surface area contributed by atoms with Crippen LogP contribution >= 0.6 is 0 Å². The van der Waals surface area contributed by atoms with Crippen molar-refractivity contribution in [2.75, 3.05) is 19.6 Å². The molecule has 1 amide bonds. The van der Waals surface area contributed by atoms with E-state index in [9.17, 15) is 18.0 Å². The van der Waals surface area contributed by atoms with Crippen molar-refractivity contribution in [2.24, 2.45) is 5.92 Å². The van der Waals surface area contributed by atoms with Gasteiger partial charge in [0.25, 0.3) is 0 Å². The maximum absolute atomic E-state index is 11.5. The molecule has 0 aromatic rings. The van der Waals surface area contributed by atoms with Gasteiger partial charge in [0.15, 0.2) is 0 Å². The van der Waals surface area contributed by atoms with Gasteiger partial charge in [-0.2, -0.15) is 13.2 Å². The van der Waals surface area contributed by atoms with Crippen LogP contribution in [0.25, 0.3) is 0 Å². The van der Waals surface area contributed by atoms with Crippen LogP contribution < -0.4 is 5.32 Å². The average Bonchev–Trinajstić information content (AvgIpc) is 2.44. The molecule has 1 aliphatic heterocycles. The summed E-state index contributed by atoms with van der Waals surface area (Å²) in [4.78, 5) is 22.5. The topological polar surface area (TPSA) is 69.6 Å². The Balaban J connectivity index is 0.000000534. The van der Waals surface area contributed by atoms with E-state index < -0.39 is 12.1 Å². The van der Waals surface area contributed by atoms with E-state index in [4.69, 9.17) is 9.90 Å². The number of carboxylic acid groups (broad SMARTS) is 1. The van der Waals surface area contributed by atoms with E-state index in [1.807, 2.05) is 4.90 Å². The molecular weight excluding hydrogens is 301 g/mol. The number of halogens is 3. The highest BCUT2D eigenvalue weighted by molar-refractivity contribution is 5.73. The van der Waals surface area contributed by atoms with Crippen molar-refractivity contribution in [1.82, 2.24) is 10.2 Å². The van der Waals surface area contributed by atoms with E-state index in [0.717, 1.165) is 26.1 Å². The predicted molar refractivity (Wildman–Crippen MR) is 76.4 cm³/mol. The summed E-state index contributed by atoms with van der Waals surface area (Å²) in [6.07, 6.45) is -1.58. The molecule has 0 spiro atoms. The number of nitrogens with one attached hydrogen (secondary N) is 1. The monoisotopic (exact) mass is 326 g/mol. The van der Waals surface area contributed by atoms with Crippen molar-refractivity contribution in [3.8, 4) is 0 Å². The second-order valence-electron chi connectivity index (χ2n) is 5.17. The predicted octanol–water partition coefficient (Wildman–Crippen LogP) is 2.27. The standard InChI is InChI=1S/C12H24N2O.C2HF3O2/c1-4-12(14(5-2)10(3)15)11-6-8-13-9-7-11;3-2(4,5)1(6)7/h11-13H,4-9H2,1-3H3;(H,6,7). The van der Waals surface area contributed by atoms with Gasteiger partial charge in [0, 0.05) is 19.5 Å². The number of rotatable bonds is 4. The van der Waals surface area contributed by atoms with Crippen molar-refractivity contribution >= 4 is 11.9 Å². The van der Waals surface area contributed by atoms with Gasteiger partial charge < -0.3 is 15.3 Å². The number of alkyl halides is 3. The van der Waals surface area contributed by atoms with Crippen LogP contribution in [0.2, 0.25) is 0 Å². The first kappa shape index (κ1) is 20.7. The normalized spacial score (nSPS) is 17.2. The highest BCUT2D eigenvalue weighted by Crippen LogP contribution is 2.23. The van der Waals surface area contributed by atoms with Crippen molar-refractivity contribution in [3.05, 3.63) is 0 Å². The number of hydrogen-bond donors (Lipinski definition) is 2. The third-order valence-corrected chi connectivity index (χ3v) is 3.73. The van der Waals surface area contributed by atoms with Gasteiger partial charge in [-0.15, -0.1) is 0 Å². The summed E-state index contributed by atoms with van der Waals surface area (Å²) in [5.41, 5.74) is 0. The van der Waals surface area contributed by atoms with Gasteiger partial charge >= 0.3 is 12.1 Å². The van der Waals surface area contributed by atoms with Gasteiger partial charge in [-0.05, 0) is 45.2 Å². The van der Waals surface area contributed by atoms with Crippen LogP contribution in [-0.2, 0) is 9.59 Å². The minimum atomic E-state index is -5.08. The van der Waals surface area contributed by atoms with Crippen LogP contribution in [-0.4, -0.2) is 53.7 Å². The fraction of sp³-hybridized carbons (Fsp3) is 0.857. The Bertz CT molecular complexity index is 356. The zero-order chi connectivity index (χ0) is 17.3. The van der Waals surface area contributed by atoms with Crippen molar-refractivity contribution in [1.29, 1.82) is 0 Å². The number of aliphatic carboxylic acids is 1. The van der Waals surface area contributed by atoms with E-state index in [1.54, 1.807) is 6.92 Å². The zero-order valence-electron chi connectivity index (χ0n) is 13.2. The Morgan fingerprint density at radius 1 is 1.27 bits per heavy atom. The molecule has 1 rings (SSSR count). The maximum atomic E-state index is 11.5. The Morgan fingerprint density at radius 3 is 2.00 bits per heavy atom. The molecule has 0 aromatic heterocycles. The maximum Gasteiger partial charge on any atom is 0.490 e. The minimum absolute atomic E-state index is 0.225. The lowest BCUT2D eigenvalue weighted by molar-refractivity contribution is -0.192. The molecule has 1 atom stereocenters. The average molecular weight is 326 g/mol. The molecule has 0 radical (unpaired) electrons. The molecule has 1 unspecified atom stereocenters. The number of carbonyl (C=O) groups excluding carboxylic acids is 1. The number of nitrogens with zero attached hydrogens (tertiary/aromatic N) is 1.